The Balaban J connectivity index is 1.28. The highest BCUT2D eigenvalue weighted by molar-refractivity contribution is 7.89. The van der Waals surface area contributed by atoms with E-state index in [9.17, 15) is 13.2 Å². The average Bonchev–Trinajstić information content (AvgIpc) is 3.29. The number of carbonyl (C=O) groups excluding carboxylic acids is 1. The number of hydrogen-bond donors (Lipinski definition) is 2. The molecule has 3 aromatic rings. The van der Waals surface area contributed by atoms with E-state index >= 15 is 0 Å². The fourth-order valence-electron chi connectivity index (χ4n) is 4.52. The maximum Gasteiger partial charge on any atom is 0.277 e. The molecule has 1 saturated heterocycles. The quantitative estimate of drug-likeness (QED) is 0.457. The maximum absolute atomic E-state index is 13.2. The van der Waals surface area contributed by atoms with E-state index in [2.05, 4.69) is 9.97 Å². The predicted molar refractivity (Wildman–Crippen MR) is 113 cm³/mol. The van der Waals surface area contributed by atoms with Crippen molar-refractivity contribution in [3.05, 3.63) is 60.4 Å². The zero-order valence-corrected chi connectivity index (χ0v) is 17.5. The van der Waals surface area contributed by atoms with Crippen molar-refractivity contribution in [2.75, 3.05) is 25.0 Å². The number of nitrogens with zero attached hydrogens (tertiary/aromatic N) is 4. The van der Waals surface area contributed by atoms with Gasteiger partial charge in [-0.3, -0.25) is 10.0 Å². The number of aromatic nitrogens is 2. The number of anilines is 1. The van der Waals surface area contributed by atoms with Crippen LogP contribution in [0.3, 0.4) is 0 Å². The Hall–Kier alpha value is -3.08. The molecule has 2 aliphatic rings. The van der Waals surface area contributed by atoms with Gasteiger partial charge in [0, 0.05) is 38.6 Å². The van der Waals surface area contributed by atoms with Gasteiger partial charge in [-0.05, 0) is 34.7 Å². The number of amides is 1. The zero-order valence-electron chi connectivity index (χ0n) is 16.7. The van der Waals surface area contributed by atoms with E-state index in [4.69, 9.17) is 5.21 Å². The third kappa shape index (κ3) is 3.32. The number of hydrogen-bond acceptors (Lipinski definition) is 7. The van der Waals surface area contributed by atoms with Crippen LogP contribution in [0, 0.1) is 11.8 Å². The molecule has 0 spiro atoms. The van der Waals surface area contributed by atoms with Crippen LogP contribution in [-0.2, 0) is 10.0 Å². The summed E-state index contributed by atoms with van der Waals surface area (Å²) >= 11 is 0. The first-order valence-electron chi connectivity index (χ1n) is 9.88. The van der Waals surface area contributed by atoms with Crippen LogP contribution in [0.5, 0.6) is 0 Å². The van der Waals surface area contributed by atoms with Gasteiger partial charge in [0.05, 0.1) is 10.5 Å². The van der Waals surface area contributed by atoms with Crippen molar-refractivity contribution in [3.63, 3.8) is 0 Å². The molecule has 1 aliphatic carbocycles. The van der Waals surface area contributed by atoms with E-state index in [-0.39, 0.29) is 23.4 Å². The Labute approximate surface area is 179 Å². The van der Waals surface area contributed by atoms with Gasteiger partial charge in [-0.15, -0.1) is 0 Å². The minimum absolute atomic E-state index is 0.0489. The van der Waals surface area contributed by atoms with Gasteiger partial charge in [0.15, 0.2) is 0 Å². The minimum atomic E-state index is -3.59. The van der Waals surface area contributed by atoms with Gasteiger partial charge in [0.1, 0.15) is 0 Å². The van der Waals surface area contributed by atoms with Gasteiger partial charge in [-0.1, -0.05) is 30.3 Å². The third-order valence-corrected chi connectivity index (χ3v) is 8.10. The lowest BCUT2D eigenvalue weighted by molar-refractivity contribution is 0.0705. The Morgan fingerprint density at radius 1 is 1.10 bits per heavy atom. The molecular weight excluding hydrogens is 418 g/mol. The van der Waals surface area contributed by atoms with Gasteiger partial charge in [-0.25, -0.2) is 23.9 Å². The standard InChI is InChI=1S/C21H21N5O4S/c1-25(31(29,30)16-7-6-13-4-2-3-5-14(13)8-16)19-17-11-26(12-18(17)19)21-22-9-15(10-23-21)20(27)24-28/h2-10,17-19,28H,11-12H2,1H3,(H,24,27). The summed E-state index contributed by atoms with van der Waals surface area (Å²) in [6.45, 7) is 1.30. The molecule has 2 fully saturated rings. The van der Waals surface area contributed by atoms with Crippen molar-refractivity contribution >= 4 is 32.7 Å². The molecule has 1 aliphatic heterocycles. The number of fused-ring (bicyclic) bond motifs is 2. The summed E-state index contributed by atoms with van der Waals surface area (Å²) in [5.74, 6) is 0.241. The zero-order chi connectivity index (χ0) is 21.8. The molecular formula is C21H21N5O4S. The monoisotopic (exact) mass is 439 g/mol. The first kappa shape index (κ1) is 19.9. The van der Waals surface area contributed by atoms with Crippen LogP contribution in [0.4, 0.5) is 5.95 Å². The van der Waals surface area contributed by atoms with Crippen molar-refractivity contribution in [2.24, 2.45) is 11.8 Å². The van der Waals surface area contributed by atoms with Crippen LogP contribution < -0.4 is 10.4 Å². The van der Waals surface area contributed by atoms with Crippen LogP contribution >= 0.6 is 0 Å². The minimum Gasteiger partial charge on any atom is -0.340 e. The topological polar surface area (TPSA) is 116 Å². The summed E-state index contributed by atoms with van der Waals surface area (Å²) in [5.41, 5.74) is 1.71. The molecule has 31 heavy (non-hydrogen) atoms. The lowest BCUT2D eigenvalue weighted by Gasteiger charge is -2.24. The molecule has 2 heterocycles. The molecule has 5 rings (SSSR count). The van der Waals surface area contributed by atoms with E-state index in [0.717, 1.165) is 10.8 Å². The molecule has 2 aromatic carbocycles. The van der Waals surface area contributed by atoms with Crippen LogP contribution in [0.1, 0.15) is 10.4 Å². The Morgan fingerprint density at radius 2 is 1.74 bits per heavy atom. The van der Waals surface area contributed by atoms with Gasteiger partial charge in [0.2, 0.25) is 16.0 Å². The molecule has 1 saturated carbocycles. The lowest BCUT2D eigenvalue weighted by Crippen LogP contribution is -2.36. The fraction of sp³-hybridized carbons (Fsp3) is 0.286. The Bertz CT molecular complexity index is 1250. The SMILES string of the molecule is CN(C1C2CN(c3ncc(C(=O)NO)cn3)CC21)S(=O)(=O)c1ccc2ccccc2c1. The average molecular weight is 439 g/mol. The second kappa shape index (κ2) is 7.26. The van der Waals surface area contributed by atoms with E-state index in [1.54, 1.807) is 24.7 Å². The smallest absolute Gasteiger partial charge is 0.277 e. The lowest BCUT2D eigenvalue weighted by atomic mass is 10.1. The molecule has 2 unspecified atom stereocenters. The van der Waals surface area contributed by atoms with Crippen molar-refractivity contribution < 1.29 is 18.4 Å². The van der Waals surface area contributed by atoms with Crippen molar-refractivity contribution in [2.45, 2.75) is 10.9 Å². The summed E-state index contributed by atoms with van der Waals surface area (Å²) in [6, 6.07) is 12.9. The van der Waals surface area contributed by atoms with Crippen molar-refractivity contribution in [3.8, 4) is 0 Å². The number of rotatable bonds is 5. The van der Waals surface area contributed by atoms with Gasteiger partial charge in [-0.2, -0.15) is 4.31 Å². The van der Waals surface area contributed by atoms with E-state index in [1.165, 1.54) is 16.7 Å². The van der Waals surface area contributed by atoms with Crippen molar-refractivity contribution in [1.82, 2.24) is 19.8 Å². The molecule has 10 heteroatoms. The highest BCUT2D eigenvalue weighted by atomic mass is 32.2. The van der Waals surface area contributed by atoms with Crippen LogP contribution in [-0.4, -0.2) is 60.0 Å². The number of benzene rings is 2. The van der Waals surface area contributed by atoms with Crippen LogP contribution in [0.25, 0.3) is 10.8 Å². The van der Waals surface area contributed by atoms with Crippen LogP contribution in [0.2, 0.25) is 0 Å². The van der Waals surface area contributed by atoms with Gasteiger partial charge in [0.25, 0.3) is 5.91 Å². The maximum atomic E-state index is 13.2. The summed E-state index contributed by atoms with van der Waals surface area (Å²) in [5, 5.41) is 10.6. The van der Waals surface area contributed by atoms with Crippen molar-refractivity contribution in [1.29, 1.82) is 0 Å². The number of sulfonamides is 1. The van der Waals surface area contributed by atoms with Gasteiger partial charge >= 0.3 is 0 Å². The Morgan fingerprint density at radius 3 is 2.39 bits per heavy atom. The largest absolute Gasteiger partial charge is 0.340 e. The highest BCUT2D eigenvalue weighted by Gasteiger charge is 2.60. The molecule has 2 N–H and O–H groups in total. The second-order valence-corrected chi connectivity index (χ2v) is 9.96. The summed E-state index contributed by atoms with van der Waals surface area (Å²) in [4.78, 5) is 22.1. The first-order valence-corrected chi connectivity index (χ1v) is 11.3. The molecule has 160 valence electrons. The number of piperidine rings is 1. The third-order valence-electron chi connectivity index (χ3n) is 6.25. The molecule has 0 bridgehead atoms. The van der Waals surface area contributed by atoms with E-state index in [1.807, 2.05) is 35.2 Å². The Kier molecular flexibility index (Phi) is 4.65. The second-order valence-electron chi connectivity index (χ2n) is 7.97. The number of nitrogens with one attached hydrogen (secondary N) is 1. The molecule has 9 nitrogen and oxygen atoms in total. The number of hydroxylamine groups is 1. The van der Waals surface area contributed by atoms with E-state index in [0.29, 0.717) is 23.9 Å². The number of carbonyl (C=O) groups is 1. The normalized spacial score (nSPS) is 22.5. The molecule has 1 aromatic heterocycles. The molecule has 0 radical (unpaired) electrons. The van der Waals surface area contributed by atoms with Crippen LogP contribution in [0.15, 0.2) is 59.8 Å². The predicted octanol–water partition coefficient (Wildman–Crippen LogP) is 1.50. The fourth-order valence-corrected chi connectivity index (χ4v) is 6.00. The summed E-state index contributed by atoms with van der Waals surface area (Å²) in [7, 11) is -1.94. The summed E-state index contributed by atoms with van der Waals surface area (Å²) < 4.78 is 27.9. The van der Waals surface area contributed by atoms with Gasteiger partial charge < -0.3 is 4.90 Å². The highest BCUT2D eigenvalue weighted by Crippen LogP contribution is 2.50. The van der Waals surface area contributed by atoms with E-state index < -0.39 is 15.9 Å². The molecule has 2 atom stereocenters. The molecule has 1 amide bonds. The first-order chi connectivity index (χ1) is 14.9. The summed E-state index contributed by atoms with van der Waals surface area (Å²) in [6.07, 6.45) is 2.71.